The number of thioether (sulfide) groups is 1. The van der Waals surface area contributed by atoms with Crippen LogP contribution in [0.25, 0.3) is 5.69 Å². The number of aromatic nitrogens is 3. The second-order valence-corrected chi connectivity index (χ2v) is 9.45. The predicted octanol–water partition coefficient (Wildman–Crippen LogP) is 3.69. The predicted molar refractivity (Wildman–Crippen MR) is 127 cm³/mol. The van der Waals surface area contributed by atoms with Gasteiger partial charge in [-0.2, -0.15) is 0 Å². The molecule has 0 radical (unpaired) electrons. The Labute approximate surface area is 197 Å². The van der Waals surface area contributed by atoms with E-state index in [-0.39, 0.29) is 11.7 Å². The number of hydrogen-bond donors (Lipinski definition) is 0. The zero-order valence-electron chi connectivity index (χ0n) is 19.1. The average Bonchev–Trinajstić information content (AvgIpc) is 3.23. The Morgan fingerprint density at radius 3 is 2.61 bits per heavy atom. The SMILES string of the molecule is Cc1ccc(-n2c(S[C@H](C)C(=O)N(C)Cc3cccc(F)c3)nnc2N2CCOCC2)cc1. The van der Waals surface area contributed by atoms with Crippen molar-refractivity contribution in [1.82, 2.24) is 19.7 Å². The molecule has 0 aliphatic carbocycles. The highest BCUT2D eigenvalue weighted by Crippen LogP contribution is 2.30. The zero-order chi connectivity index (χ0) is 23.4. The van der Waals surface area contributed by atoms with Crippen molar-refractivity contribution in [3.63, 3.8) is 0 Å². The fourth-order valence-electron chi connectivity index (χ4n) is 3.73. The molecule has 33 heavy (non-hydrogen) atoms. The van der Waals surface area contributed by atoms with Gasteiger partial charge in [-0.3, -0.25) is 9.36 Å². The van der Waals surface area contributed by atoms with Crippen LogP contribution in [0.4, 0.5) is 10.3 Å². The molecule has 1 aliphatic heterocycles. The zero-order valence-corrected chi connectivity index (χ0v) is 19.9. The maximum atomic E-state index is 13.5. The lowest BCUT2D eigenvalue weighted by Crippen LogP contribution is -2.38. The molecule has 7 nitrogen and oxygen atoms in total. The third-order valence-corrected chi connectivity index (χ3v) is 6.55. The lowest BCUT2D eigenvalue weighted by Gasteiger charge is -2.28. The summed E-state index contributed by atoms with van der Waals surface area (Å²) in [6, 6.07) is 14.5. The van der Waals surface area contributed by atoms with Gasteiger partial charge in [0.2, 0.25) is 11.9 Å². The first-order valence-electron chi connectivity index (χ1n) is 10.9. The summed E-state index contributed by atoms with van der Waals surface area (Å²) in [5, 5.41) is 9.17. The smallest absolute Gasteiger partial charge is 0.235 e. The summed E-state index contributed by atoms with van der Waals surface area (Å²) in [6.45, 7) is 7.00. The molecule has 1 saturated heterocycles. The van der Waals surface area contributed by atoms with Crippen molar-refractivity contribution >= 4 is 23.6 Å². The molecule has 0 saturated carbocycles. The molecule has 2 heterocycles. The van der Waals surface area contributed by atoms with Gasteiger partial charge in [-0.25, -0.2) is 4.39 Å². The van der Waals surface area contributed by atoms with Gasteiger partial charge in [-0.1, -0.05) is 41.6 Å². The standard InChI is InChI=1S/C24H28FN5O2S/c1-17-7-9-21(10-8-17)30-23(29-11-13-32-14-12-29)26-27-24(30)33-18(2)22(31)28(3)16-19-5-4-6-20(25)15-19/h4-10,15,18H,11-14,16H2,1-3H3/t18-/m1/s1. The van der Waals surface area contributed by atoms with Gasteiger partial charge in [0.15, 0.2) is 5.16 Å². The van der Waals surface area contributed by atoms with Crippen LogP contribution in [0.3, 0.4) is 0 Å². The van der Waals surface area contributed by atoms with E-state index in [1.165, 1.54) is 23.9 Å². The van der Waals surface area contributed by atoms with E-state index in [9.17, 15) is 9.18 Å². The van der Waals surface area contributed by atoms with Gasteiger partial charge in [-0.15, -0.1) is 10.2 Å². The fraction of sp³-hybridized carbons (Fsp3) is 0.375. The average molecular weight is 470 g/mol. The first kappa shape index (κ1) is 23.3. The molecule has 0 N–H and O–H groups in total. The molecule has 1 amide bonds. The number of anilines is 1. The van der Waals surface area contributed by atoms with Crippen LogP contribution in [-0.2, 0) is 16.1 Å². The van der Waals surface area contributed by atoms with Gasteiger partial charge in [0.25, 0.3) is 0 Å². The highest BCUT2D eigenvalue weighted by molar-refractivity contribution is 8.00. The number of aryl methyl sites for hydroxylation is 1. The number of halogens is 1. The van der Waals surface area contributed by atoms with E-state index < -0.39 is 5.25 Å². The highest BCUT2D eigenvalue weighted by Gasteiger charge is 2.26. The van der Waals surface area contributed by atoms with E-state index in [0.29, 0.717) is 24.9 Å². The Balaban J connectivity index is 1.55. The Morgan fingerprint density at radius 1 is 1.18 bits per heavy atom. The van der Waals surface area contributed by atoms with Gasteiger partial charge >= 0.3 is 0 Å². The summed E-state index contributed by atoms with van der Waals surface area (Å²) in [7, 11) is 1.73. The topological polar surface area (TPSA) is 63.5 Å². The number of morpholine rings is 1. The van der Waals surface area contributed by atoms with Crippen LogP contribution >= 0.6 is 11.8 Å². The van der Waals surface area contributed by atoms with Crippen LogP contribution in [0, 0.1) is 12.7 Å². The number of carbonyl (C=O) groups is 1. The van der Waals surface area contributed by atoms with Gasteiger partial charge in [-0.05, 0) is 43.7 Å². The third-order valence-electron chi connectivity index (χ3n) is 5.52. The van der Waals surface area contributed by atoms with Gasteiger partial charge < -0.3 is 14.5 Å². The summed E-state index contributed by atoms with van der Waals surface area (Å²) in [5.41, 5.74) is 2.86. The number of carbonyl (C=O) groups excluding carboxylic acids is 1. The number of hydrogen-bond acceptors (Lipinski definition) is 6. The van der Waals surface area contributed by atoms with Crippen LogP contribution in [0.15, 0.2) is 53.7 Å². The van der Waals surface area contributed by atoms with Gasteiger partial charge in [0.05, 0.1) is 24.2 Å². The first-order chi connectivity index (χ1) is 15.9. The van der Waals surface area contributed by atoms with E-state index in [1.54, 1.807) is 18.0 Å². The summed E-state index contributed by atoms with van der Waals surface area (Å²) >= 11 is 1.37. The monoisotopic (exact) mass is 469 g/mol. The quantitative estimate of drug-likeness (QED) is 0.492. The second kappa shape index (κ2) is 10.4. The number of ether oxygens (including phenoxy) is 1. The van der Waals surface area contributed by atoms with Crippen molar-refractivity contribution in [3.8, 4) is 5.69 Å². The molecule has 4 rings (SSSR count). The number of benzene rings is 2. The maximum absolute atomic E-state index is 13.5. The van der Waals surface area contributed by atoms with E-state index in [2.05, 4.69) is 15.1 Å². The molecule has 0 spiro atoms. The molecule has 1 atom stereocenters. The van der Waals surface area contributed by atoms with Crippen LogP contribution < -0.4 is 4.90 Å². The minimum atomic E-state index is -0.394. The Bertz CT molecular complexity index is 1100. The van der Waals surface area contributed by atoms with E-state index in [0.717, 1.165) is 35.9 Å². The number of nitrogens with zero attached hydrogens (tertiary/aromatic N) is 5. The van der Waals surface area contributed by atoms with Crippen molar-refractivity contribution in [2.75, 3.05) is 38.3 Å². The minimum absolute atomic E-state index is 0.0596. The molecule has 0 bridgehead atoms. The van der Waals surface area contributed by atoms with Crippen molar-refractivity contribution in [3.05, 3.63) is 65.5 Å². The van der Waals surface area contributed by atoms with Crippen LogP contribution in [0.5, 0.6) is 0 Å². The van der Waals surface area contributed by atoms with Crippen molar-refractivity contribution in [1.29, 1.82) is 0 Å². The van der Waals surface area contributed by atoms with Crippen LogP contribution in [0.1, 0.15) is 18.1 Å². The van der Waals surface area contributed by atoms with Crippen molar-refractivity contribution in [2.24, 2.45) is 0 Å². The molecule has 0 unspecified atom stereocenters. The number of amides is 1. The Kier molecular flexibility index (Phi) is 7.29. The van der Waals surface area contributed by atoms with Gasteiger partial charge in [0.1, 0.15) is 5.82 Å². The third kappa shape index (κ3) is 5.54. The Hall–Kier alpha value is -2.91. The fourth-order valence-corrected chi connectivity index (χ4v) is 4.71. The van der Waals surface area contributed by atoms with Crippen molar-refractivity contribution in [2.45, 2.75) is 30.8 Å². The molecule has 3 aromatic rings. The lowest BCUT2D eigenvalue weighted by molar-refractivity contribution is -0.129. The van der Waals surface area contributed by atoms with Crippen LogP contribution in [-0.4, -0.2) is 64.2 Å². The summed E-state index contributed by atoms with van der Waals surface area (Å²) < 4.78 is 21.0. The number of rotatable bonds is 7. The van der Waals surface area contributed by atoms with Gasteiger partial charge in [0, 0.05) is 26.7 Å². The molecule has 1 aromatic heterocycles. The first-order valence-corrected chi connectivity index (χ1v) is 11.8. The normalized spacial score (nSPS) is 14.8. The molecular formula is C24H28FN5O2S. The molecule has 1 fully saturated rings. The Morgan fingerprint density at radius 2 is 1.91 bits per heavy atom. The lowest BCUT2D eigenvalue weighted by atomic mass is 10.2. The van der Waals surface area contributed by atoms with E-state index in [1.807, 2.05) is 48.7 Å². The van der Waals surface area contributed by atoms with Crippen LogP contribution in [0.2, 0.25) is 0 Å². The molecular weight excluding hydrogens is 441 g/mol. The molecule has 1 aliphatic rings. The summed E-state index contributed by atoms with van der Waals surface area (Å²) in [5.74, 6) is 0.380. The van der Waals surface area contributed by atoms with E-state index in [4.69, 9.17) is 4.74 Å². The summed E-state index contributed by atoms with van der Waals surface area (Å²) in [6.07, 6.45) is 0. The van der Waals surface area contributed by atoms with Crippen molar-refractivity contribution < 1.29 is 13.9 Å². The molecule has 174 valence electrons. The molecule has 2 aromatic carbocycles. The van der Waals surface area contributed by atoms with E-state index >= 15 is 0 Å². The second-order valence-electron chi connectivity index (χ2n) is 8.14. The largest absolute Gasteiger partial charge is 0.378 e. The summed E-state index contributed by atoms with van der Waals surface area (Å²) in [4.78, 5) is 16.8. The highest BCUT2D eigenvalue weighted by atomic mass is 32.2. The molecule has 9 heteroatoms. The maximum Gasteiger partial charge on any atom is 0.235 e. The minimum Gasteiger partial charge on any atom is -0.378 e.